The molecule has 0 saturated heterocycles. The molecule has 0 spiro atoms. The zero-order valence-electron chi connectivity index (χ0n) is 12.4. The van der Waals surface area contributed by atoms with Crippen molar-refractivity contribution in [1.29, 1.82) is 0 Å². The minimum absolute atomic E-state index is 0.0797. The Bertz CT molecular complexity index is 465. The largest absolute Gasteiger partial charge is 0.481 e. The van der Waals surface area contributed by atoms with E-state index in [1.54, 1.807) is 6.07 Å². The van der Waals surface area contributed by atoms with Crippen molar-refractivity contribution < 1.29 is 19.2 Å². The van der Waals surface area contributed by atoms with E-state index >= 15 is 0 Å². The van der Waals surface area contributed by atoms with Crippen molar-refractivity contribution in [2.75, 3.05) is 13.1 Å². The molecular weight excluding hydrogens is 260 g/mol. The lowest BCUT2D eigenvalue weighted by atomic mass is 10.1. The zero-order valence-corrected chi connectivity index (χ0v) is 12.4. The molecule has 1 amide bonds. The summed E-state index contributed by atoms with van der Waals surface area (Å²) < 4.78 is 5.07. The fraction of sp³-hybridized carbons (Fsp3) is 0.643. The highest BCUT2D eigenvalue weighted by Gasteiger charge is 2.22. The van der Waals surface area contributed by atoms with Crippen molar-refractivity contribution in [3.8, 4) is 0 Å². The maximum atomic E-state index is 12.3. The highest BCUT2D eigenvalue weighted by molar-refractivity contribution is 5.91. The Labute approximate surface area is 118 Å². The van der Waals surface area contributed by atoms with Crippen LogP contribution in [0.2, 0.25) is 0 Å². The molecule has 1 heterocycles. The number of aromatic nitrogens is 1. The molecule has 0 atom stereocenters. The van der Waals surface area contributed by atoms with E-state index in [0.29, 0.717) is 6.54 Å². The van der Waals surface area contributed by atoms with Crippen LogP contribution in [0.25, 0.3) is 0 Å². The summed E-state index contributed by atoms with van der Waals surface area (Å²) >= 11 is 0. The fourth-order valence-electron chi connectivity index (χ4n) is 1.76. The standard InChI is InChI=1S/C14H22N2O4/c1-9(2)8-16(6-5-13(17)18)14(19)12-7-11(10(3)4)15-20-12/h7,9-10H,5-6,8H2,1-4H3,(H,17,18). The Morgan fingerprint density at radius 3 is 2.45 bits per heavy atom. The minimum Gasteiger partial charge on any atom is -0.481 e. The highest BCUT2D eigenvalue weighted by Crippen LogP contribution is 2.16. The summed E-state index contributed by atoms with van der Waals surface area (Å²) in [5.74, 6) is -0.635. The zero-order chi connectivity index (χ0) is 15.3. The summed E-state index contributed by atoms with van der Waals surface area (Å²) in [6.45, 7) is 8.53. The predicted molar refractivity (Wildman–Crippen MR) is 73.6 cm³/mol. The van der Waals surface area contributed by atoms with Gasteiger partial charge >= 0.3 is 5.97 Å². The molecule has 1 aromatic rings. The molecule has 0 aromatic carbocycles. The summed E-state index contributed by atoms with van der Waals surface area (Å²) in [6, 6.07) is 1.63. The van der Waals surface area contributed by atoms with Crippen LogP contribution in [0.3, 0.4) is 0 Å². The summed E-state index contributed by atoms with van der Waals surface area (Å²) in [4.78, 5) is 24.5. The van der Waals surface area contributed by atoms with Gasteiger partial charge in [0.1, 0.15) is 0 Å². The average molecular weight is 282 g/mol. The number of hydrogen-bond acceptors (Lipinski definition) is 4. The monoisotopic (exact) mass is 282 g/mol. The molecule has 1 N–H and O–H groups in total. The molecule has 20 heavy (non-hydrogen) atoms. The molecule has 0 saturated carbocycles. The first kappa shape index (κ1) is 16.2. The summed E-state index contributed by atoms with van der Waals surface area (Å²) in [5.41, 5.74) is 0.719. The topological polar surface area (TPSA) is 83.6 Å². The van der Waals surface area contributed by atoms with Gasteiger partial charge in [-0.1, -0.05) is 32.9 Å². The molecule has 6 heteroatoms. The van der Waals surface area contributed by atoms with Gasteiger partial charge in [-0.2, -0.15) is 0 Å². The van der Waals surface area contributed by atoms with Crippen molar-refractivity contribution in [3.63, 3.8) is 0 Å². The number of rotatable bonds is 7. The van der Waals surface area contributed by atoms with Gasteiger partial charge in [0.2, 0.25) is 5.76 Å². The van der Waals surface area contributed by atoms with Crippen molar-refractivity contribution in [1.82, 2.24) is 10.1 Å². The number of aliphatic carboxylic acids is 1. The van der Waals surface area contributed by atoms with Crippen molar-refractivity contribution in [2.24, 2.45) is 5.92 Å². The number of amides is 1. The highest BCUT2D eigenvalue weighted by atomic mass is 16.5. The SMILES string of the molecule is CC(C)CN(CCC(=O)O)C(=O)c1cc(C(C)C)no1. The minimum atomic E-state index is -0.924. The van der Waals surface area contributed by atoms with Gasteiger partial charge < -0.3 is 14.5 Å². The number of carbonyl (C=O) groups excluding carboxylic acids is 1. The molecule has 0 aliphatic rings. The molecular formula is C14H22N2O4. The van der Waals surface area contributed by atoms with Crippen LogP contribution in [0.15, 0.2) is 10.6 Å². The lowest BCUT2D eigenvalue weighted by molar-refractivity contribution is -0.137. The second kappa shape index (κ2) is 7.07. The number of carboxylic acid groups (broad SMARTS) is 1. The Morgan fingerprint density at radius 1 is 1.35 bits per heavy atom. The summed E-state index contributed by atoms with van der Waals surface area (Å²) in [5, 5.41) is 12.6. The predicted octanol–water partition coefficient (Wildman–Crippen LogP) is 2.37. The van der Waals surface area contributed by atoms with E-state index in [-0.39, 0.29) is 36.5 Å². The van der Waals surface area contributed by atoms with Gasteiger partial charge in [0.25, 0.3) is 5.91 Å². The van der Waals surface area contributed by atoms with E-state index in [1.807, 2.05) is 27.7 Å². The first-order chi connectivity index (χ1) is 9.31. The van der Waals surface area contributed by atoms with Gasteiger partial charge in [0.15, 0.2) is 0 Å². The van der Waals surface area contributed by atoms with Gasteiger partial charge in [0, 0.05) is 19.2 Å². The fourth-order valence-corrected chi connectivity index (χ4v) is 1.76. The maximum Gasteiger partial charge on any atom is 0.305 e. The van der Waals surface area contributed by atoms with Crippen LogP contribution < -0.4 is 0 Å². The third-order valence-electron chi connectivity index (χ3n) is 2.80. The van der Waals surface area contributed by atoms with Crippen LogP contribution in [0.1, 0.15) is 56.3 Å². The number of nitrogens with zero attached hydrogens (tertiary/aromatic N) is 2. The van der Waals surface area contributed by atoms with Gasteiger partial charge in [-0.05, 0) is 11.8 Å². The lowest BCUT2D eigenvalue weighted by Gasteiger charge is -2.22. The summed E-state index contributed by atoms with van der Waals surface area (Å²) in [6.07, 6.45) is -0.0797. The van der Waals surface area contributed by atoms with E-state index in [1.165, 1.54) is 4.90 Å². The van der Waals surface area contributed by atoms with Crippen LogP contribution in [-0.4, -0.2) is 40.1 Å². The smallest absolute Gasteiger partial charge is 0.305 e. The van der Waals surface area contributed by atoms with Gasteiger partial charge in [-0.25, -0.2) is 0 Å². The second-order valence-corrected chi connectivity index (χ2v) is 5.56. The van der Waals surface area contributed by atoms with Gasteiger partial charge in [-0.3, -0.25) is 9.59 Å². The van der Waals surface area contributed by atoms with Gasteiger partial charge in [-0.15, -0.1) is 0 Å². The molecule has 0 radical (unpaired) electrons. The Morgan fingerprint density at radius 2 is 2.00 bits per heavy atom. The maximum absolute atomic E-state index is 12.3. The van der Waals surface area contributed by atoms with Crippen molar-refractivity contribution >= 4 is 11.9 Å². The van der Waals surface area contributed by atoms with E-state index < -0.39 is 5.97 Å². The van der Waals surface area contributed by atoms with Crippen LogP contribution in [0.5, 0.6) is 0 Å². The average Bonchev–Trinajstić information content (AvgIpc) is 2.82. The Balaban J connectivity index is 2.82. The van der Waals surface area contributed by atoms with Gasteiger partial charge in [0.05, 0.1) is 12.1 Å². The molecule has 6 nitrogen and oxygen atoms in total. The van der Waals surface area contributed by atoms with Crippen LogP contribution >= 0.6 is 0 Å². The number of carboxylic acids is 1. The Kier molecular flexibility index (Phi) is 5.73. The third kappa shape index (κ3) is 4.68. The van der Waals surface area contributed by atoms with Crippen molar-refractivity contribution in [2.45, 2.75) is 40.0 Å². The second-order valence-electron chi connectivity index (χ2n) is 5.56. The summed E-state index contributed by atoms with van der Waals surface area (Å²) in [7, 11) is 0. The first-order valence-corrected chi connectivity index (χ1v) is 6.79. The number of hydrogen-bond donors (Lipinski definition) is 1. The van der Waals surface area contributed by atoms with E-state index in [0.717, 1.165) is 5.69 Å². The molecule has 0 fully saturated rings. The van der Waals surface area contributed by atoms with E-state index in [9.17, 15) is 9.59 Å². The molecule has 0 bridgehead atoms. The molecule has 0 aliphatic heterocycles. The molecule has 112 valence electrons. The normalized spacial score (nSPS) is 11.1. The Hall–Kier alpha value is -1.85. The lowest BCUT2D eigenvalue weighted by Crippen LogP contribution is -2.35. The first-order valence-electron chi connectivity index (χ1n) is 6.79. The van der Waals surface area contributed by atoms with E-state index in [4.69, 9.17) is 9.63 Å². The van der Waals surface area contributed by atoms with Crippen molar-refractivity contribution in [3.05, 3.63) is 17.5 Å². The van der Waals surface area contributed by atoms with Crippen LogP contribution in [-0.2, 0) is 4.79 Å². The molecule has 1 rings (SSSR count). The molecule has 0 aliphatic carbocycles. The quantitative estimate of drug-likeness (QED) is 0.830. The molecule has 1 aromatic heterocycles. The molecule has 0 unspecified atom stereocenters. The third-order valence-corrected chi connectivity index (χ3v) is 2.80. The van der Waals surface area contributed by atoms with Crippen LogP contribution in [0.4, 0.5) is 0 Å². The van der Waals surface area contributed by atoms with E-state index in [2.05, 4.69) is 5.16 Å². The van der Waals surface area contributed by atoms with Crippen LogP contribution in [0, 0.1) is 5.92 Å². The number of carbonyl (C=O) groups is 2.